The summed E-state index contributed by atoms with van der Waals surface area (Å²) in [5.41, 5.74) is 6.33. The first kappa shape index (κ1) is 15.1. The van der Waals surface area contributed by atoms with Crippen LogP contribution >= 0.6 is 0 Å². The largest absolute Gasteiger partial charge is 0.271 e. The zero-order valence-corrected chi connectivity index (χ0v) is 13.4. The molecule has 4 atom stereocenters. The number of hydrogen-bond donors (Lipinski definition) is 2. The van der Waals surface area contributed by atoms with Crippen LogP contribution in [0.25, 0.3) is 0 Å². The molecular weight excluding hydrogens is 256 g/mol. The van der Waals surface area contributed by atoms with Crippen molar-refractivity contribution in [2.24, 2.45) is 17.7 Å². The molecule has 1 aromatic rings. The van der Waals surface area contributed by atoms with E-state index in [1.165, 1.54) is 51.4 Å². The zero-order chi connectivity index (χ0) is 14.7. The highest BCUT2D eigenvalue weighted by molar-refractivity contribution is 5.32. The van der Waals surface area contributed by atoms with E-state index in [2.05, 4.69) is 36.6 Å². The van der Waals surface area contributed by atoms with Crippen LogP contribution in [0.15, 0.2) is 24.3 Å². The van der Waals surface area contributed by atoms with E-state index in [0.29, 0.717) is 12.0 Å². The first-order chi connectivity index (χ1) is 10.3. The summed E-state index contributed by atoms with van der Waals surface area (Å²) in [5, 5.41) is 0. The molecular formula is C19H30N2. The molecule has 1 saturated carbocycles. The first-order valence-corrected chi connectivity index (χ1v) is 8.82. The van der Waals surface area contributed by atoms with Crippen LogP contribution in [0.3, 0.4) is 0 Å². The van der Waals surface area contributed by atoms with Gasteiger partial charge >= 0.3 is 0 Å². The van der Waals surface area contributed by atoms with E-state index in [4.69, 9.17) is 5.84 Å². The molecule has 0 aromatic heterocycles. The Balaban J connectivity index is 1.70. The van der Waals surface area contributed by atoms with Crippen molar-refractivity contribution in [3.05, 3.63) is 35.4 Å². The highest BCUT2D eigenvalue weighted by atomic mass is 15.2. The lowest BCUT2D eigenvalue weighted by molar-refractivity contribution is 0.206. The summed E-state index contributed by atoms with van der Waals surface area (Å²) in [7, 11) is 0. The van der Waals surface area contributed by atoms with Crippen molar-refractivity contribution in [2.75, 3.05) is 0 Å². The van der Waals surface area contributed by atoms with Crippen molar-refractivity contribution in [2.45, 2.75) is 70.3 Å². The number of hydrogen-bond acceptors (Lipinski definition) is 2. The standard InChI is InChI=1S/C19H30N2/c1-14-6-4-10-17(12-14)19(21-20)13-16-9-5-8-15-7-2-3-11-18(15)16/h2-3,7,11,14,16-17,19,21H,4-6,8-10,12-13,20H2,1H3. The maximum absolute atomic E-state index is 5.94. The van der Waals surface area contributed by atoms with Crippen molar-refractivity contribution in [1.29, 1.82) is 0 Å². The molecule has 1 aromatic carbocycles. The van der Waals surface area contributed by atoms with Gasteiger partial charge in [0.1, 0.15) is 0 Å². The van der Waals surface area contributed by atoms with Gasteiger partial charge < -0.3 is 0 Å². The molecule has 1 fully saturated rings. The van der Waals surface area contributed by atoms with Crippen molar-refractivity contribution in [3.8, 4) is 0 Å². The zero-order valence-electron chi connectivity index (χ0n) is 13.4. The molecule has 0 radical (unpaired) electrons. The Morgan fingerprint density at radius 1 is 1.19 bits per heavy atom. The number of fused-ring (bicyclic) bond motifs is 1. The quantitative estimate of drug-likeness (QED) is 0.644. The van der Waals surface area contributed by atoms with Crippen molar-refractivity contribution in [3.63, 3.8) is 0 Å². The second-order valence-electron chi connectivity index (χ2n) is 7.33. The van der Waals surface area contributed by atoms with Crippen molar-refractivity contribution >= 4 is 0 Å². The van der Waals surface area contributed by atoms with Gasteiger partial charge in [0.25, 0.3) is 0 Å². The van der Waals surface area contributed by atoms with Gasteiger partial charge in [0.05, 0.1) is 0 Å². The molecule has 0 heterocycles. The minimum absolute atomic E-state index is 0.490. The first-order valence-electron chi connectivity index (χ1n) is 8.82. The third kappa shape index (κ3) is 3.49. The van der Waals surface area contributed by atoms with Gasteiger partial charge in [-0.05, 0) is 67.4 Å². The van der Waals surface area contributed by atoms with E-state index in [1.807, 2.05) is 0 Å². The lowest BCUT2D eigenvalue weighted by Gasteiger charge is -2.36. The normalized spacial score (nSPS) is 30.7. The van der Waals surface area contributed by atoms with Crippen molar-refractivity contribution < 1.29 is 0 Å². The lowest BCUT2D eigenvalue weighted by atomic mass is 9.73. The Morgan fingerprint density at radius 3 is 2.86 bits per heavy atom. The van der Waals surface area contributed by atoms with Crippen LogP contribution in [0.1, 0.15) is 68.9 Å². The molecule has 0 amide bonds. The molecule has 4 unspecified atom stereocenters. The van der Waals surface area contributed by atoms with Gasteiger partial charge in [0, 0.05) is 6.04 Å². The number of aryl methyl sites for hydroxylation is 1. The van der Waals surface area contributed by atoms with Gasteiger partial charge in [-0.1, -0.05) is 44.0 Å². The minimum atomic E-state index is 0.490. The molecule has 2 nitrogen and oxygen atoms in total. The van der Waals surface area contributed by atoms with Crippen molar-refractivity contribution in [1.82, 2.24) is 5.43 Å². The fraction of sp³-hybridized carbons (Fsp3) is 0.684. The monoisotopic (exact) mass is 286 g/mol. The predicted molar refractivity (Wildman–Crippen MR) is 89.0 cm³/mol. The molecule has 2 heteroatoms. The summed E-state index contributed by atoms with van der Waals surface area (Å²) in [6, 6.07) is 9.53. The second kappa shape index (κ2) is 6.93. The van der Waals surface area contributed by atoms with Crippen LogP contribution in [-0.4, -0.2) is 6.04 Å². The summed E-state index contributed by atoms with van der Waals surface area (Å²) in [6.07, 6.45) is 10.6. The third-order valence-electron chi connectivity index (χ3n) is 5.79. The third-order valence-corrected chi connectivity index (χ3v) is 5.79. The summed E-state index contributed by atoms with van der Waals surface area (Å²) < 4.78 is 0. The van der Waals surface area contributed by atoms with E-state index in [1.54, 1.807) is 11.1 Å². The molecule has 0 bridgehead atoms. The Hall–Kier alpha value is -0.860. The Kier molecular flexibility index (Phi) is 4.97. The number of benzene rings is 1. The van der Waals surface area contributed by atoms with Gasteiger partial charge in [-0.2, -0.15) is 0 Å². The summed E-state index contributed by atoms with van der Waals surface area (Å²) in [5.74, 6) is 8.28. The van der Waals surface area contributed by atoms with E-state index in [9.17, 15) is 0 Å². The molecule has 0 saturated heterocycles. The summed E-state index contributed by atoms with van der Waals surface area (Å²) in [6.45, 7) is 2.40. The van der Waals surface area contributed by atoms with E-state index in [-0.39, 0.29) is 0 Å². The maximum atomic E-state index is 5.94. The number of hydrazine groups is 1. The van der Waals surface area contributed by atoms with Crippen LogP contribution in [-0.2, 0) is 6.42 Å². The fourth-order valence-electron chi connectivity index (χ4n) is 4.65. The topological polar surface area (TPSA) is 38.0 Å². The van der Waals surface area contributed by atoms with Gasteiger partial charge in [-0.15, -0.1) is 0 Å². The summed E-state index contributed by atoms with van der Waals surface area (Å²) in [4.78, 5) is 0. The Labute approximate surface area is 129 Å². The Bertz CT molecular complexity index is 457. The average molecular weight is 286 g/mol. The smallest absolute Gasteiger partial charge is 0.0244 e. The van der Waals surface area contributed by atoms with Gasteiger partial charge in [-0.25, -0.2) is 0 Å². The van der Waals surface area contributed by atoms with Gasteiger partial charge in [0.15, 0.2) is 0 Å². The number of nitrogens with two attached hydrogens (primary N) is 1. The SMILES string of the molecule is CC1CCCC(C(CC2CCCc3ccccc32)NN)C1. The lowest BCUT2D eigenvalue weighted by Crippen LogP contribution is -2.43. The molecule has 21 heavy (non-hydrogen) atoms. The van der Waals surface area contributed by atoms with E-state index < -0.39 is 0 Å². The maximum Gasteiger partial charge on any atom is 0.0244 e. The highest BCUT2D eigenvalue weighted by Gasteiger charge is 2.30. The van der Waals surface area contributed by atoms with E-state index >= 15 is 0 Å². The second-order valence-corrected chi connectivity index (χ2v) is 7.33. The molecule has 3 N–H and O–H groups in total. The van der Waals surface area contributed by atoms with E-state index in [0.717, 1.165) is 11.8 Å². The van der Waals surface area contributed by atoms with Gasteiger partial charge in [-0.3, -0.25) is 11.3 Å². The van der Waals surface area contributed by atoms with Crippen LogP contribution in [0.5, 0.6) is 0 Å². The summed E-state index contributed by atoms with van der Waals surface area (Å²) >= 11 is 0. The minimum Gasteiger partial charge on any atom is -0.271 e. The van der Waals surface area contributed by atoms with Crippen LogP contribution in [0.2, 0.25) is 0 Å². The molecule has 2 aliphatic carbocycles. The predicted octanol–water partition coefficient (Wildman–Crippen LogP) is 4.15. The molecule has 2 aliphatic rings. The molecule has 3 rings (SSSR count). The van der Waals surface area contributed by atoms with Gasteiger partial charge in [0.2, 0.25) is 0 Å². The Morgan fingerprint density at radius 2 is 2.05 bits per heavy atom. The average Bonchev–Trinajstić information content (AvgIpc) is 2.52. The molecule has 0 spiro atoms. The number of nitrogens with one attached hydrogen (secondary N) is 1. The fourth-order valence-corrected chi connectivity index (χ4v) is 4.65. The number of rotatable bonds is 4. The van der Waals surface area contributed by atoms with Crippen LogP contribution < -0.4 is 11.3 Å². The molecule has 116 valence electrons. The highest BCUT2D eigenvalue weighted by Crippen LogP contribution is 2.38. The van der Waals surface area contributed by atoms with Crippen LogP contribution in [0.4, 0.5) is 0 Å². The van der Waals surface area contributed by atoms with Crippen LogP contribution in [0, 0.1) is 11.8 Å². The molecule has 0 aliphatic heterocycles.